The molecule has 0 heterocycles. The maximum atomic E-state index is 8.07. The maximum Gasteiger partial charge on any atom is 0.166 e. The molecular weight excluding hydrogens is 98.0 g/mol. The molecule has 44 valence electrons. The second-order valence-corrected chi connectivity index (χ2v) is 0.916. The summed E-state index contributed by atoms with van der Waals surface area (Å²) >= 11 is 0. The molecule has 0 spiro atoms. The first-order valence-corrected chi connectivity index (χ1v) is 1.92. The highest BCUT2D eigenvalue weighted by molar-refractivity contribution is 4.15. The van der Waals surface area contributed by atoms with Crippen LogP contribution in [0.5, 0.6) is 0 Å². The van der Waals surface area contributed by atoms with Crippen molar-refractivity contribution < 1.29 is 14.7 Å². The Morgan fingerprint density at radius 2 is 2.29 bits per heavy atom. The molecule has 4 nitrogen and oxygen atoms in total. The molecule has 0 bridgehead atoms. The average Bonchev–Trinajstić information content (AvgIpc) is 1.69. The molecule has 0 aromatic heterocycles. The standard InChI is InChI=1S/C3H9NO3/c4-7-3-6-2-1-5/h5H,1-4H2. The number of rotatable bonds is 4. The van der Waals surface area contributed by atoms with E-state index in [0.29, 0.717) is 0 Å². The van der Waals surface area contributed by atoms with E-state index < -0.39 is 0 Å². The lowest BCUT2D eigenvalue weighted by Crippen LogP contribution is -2.07. The van der Waals surface area contributed by atoms with Gasteiger partial charge in [-0.25, -0.2) is 5.90 Å². The highest BCUT2D eigenvalue weighted by Crippen LogP contribution is 1.68. The van der Waals surface area contributed by atoms with Gasteiger partial charge < -0.3 is 9.84 Å². The molecule has 7 heavy (non-hydrogen) atoms. The van der Waals surface area contributed by atoms with Crippen LogP contribution in [-0.2, 0) is 9.57 Å². The molecule has 0 aromatic carbocycles. The molecule has 0 radical (unpaired) electrons. The van der Waals surface area contributed by atoms with Gasteiger partial charge in [-0.05, 0) is 0 Å². The highest BCUT2D eigenvalue weighted by Gasteiger charge is 1.78. The quantitative estimate of drug-likeness (QED) is 0.270. The predicted octanol–water partition coefficient (Wildman–Crippen LogP) is -1.16. The SMILES string of the molecule is NOCOCCO. The molecule has 0 aliphatic carbocycles. The molecule has 0 rings (SSSR count). The summed E-state index contributed by atoms with van der Waals surface area (Å²) in [5.41, 5.74) is 0. The maximum absolute atomic E-state index is 8.07. The van der Waals surface area contributed by atoms with E-state index in [1.54, 1.807) is 0 Å². The zero-order valence-corrected chi connectivity index (χ0v) is 3.96. The minimum Gasteiger partial charge on any atom is -0.394 e. The Morgan fingerprint density at radius 3 is 2.71 bits per heavy atom. The van der Waals surface area contributed by atoms with Gasteiger partial charge in [-0.15, -0.1) is 0 Å². The van der Waals surface area contributed by atoms with Crippen LogP contribution >= 0.6 is 0 Å². The first-order valence-electron chi connectivity index (χ1n) is 1.92. The Morgan fingerprint density at radius 1 is 1.57 bits per heavy atom. The van der Waals surface area contributed by atoms with Crippen molar-refractivity contribution in [3.05, 3.63) is 0 Å². The van der Waals surface area contributed by atoms with Gasteiger partial charge in [-0.3, -0.25) is 4.84 Å². The fraction of sp³-hybridized carbons (Fsp3) is 1.00. The van der Waals surface area contributed by atoms with Crippen molar-refractivity contribution in [2.75, 3.05) is 20.0 Å². The van der Waals surface area contributed by atoms with E-state index in [2.05, 4.69) is 15.5 Å². The monoisotopic (exact) mass is 107 g/mol. The number of hydrogen-bond donors (Lipinski definition) is 2. The highest BCUT2D eigenvalue weighted by atomic mass is 16.7. The van der Waals surface area contributed by atoms with Gasteiger partial charge >= 0.3 is 0 Å². The van der Waals surface area contributed by atoms with E-state index >= 15 is 0 Å². The molecular formula is C3H9NO3. The van der Waals surface area contributed by atoms with E-state index in [1.807, 2.05) is 0 Å². The van der Waals surface area contributed by atoms with Crippen LogP contribution < -0.4 is 5.90 Å². The summed E-state index contributed by atoms with van der Waals surface area (Å²) in [6.45, 7) is 0.321. The molecule has 0 fully saturated rings. The van der Waals surface area contributed by atoms with E-state index in [4.69, 9.17) is 5.11 Å². The van der Waals surface area contributed by atoms with Gasteiger partial charge in [0.1, 0.15) is 0 Å². The van der Waals surface area contributed by atoms with Gasteiger partial charge in [0.2, 0.25) is 0 Å². The van der Waals surface area contributed by atoms with Crippen molar-refractivity contribution in [2.45, 2.75) is 0 Å². The van der Waals surface area contributed by atoms with Crippen molar-refractivity contribution in [2.24, 2.45) is 5.90 Å². The van der Waals surface area contributed by atoms with E-state index in [-0.39, 0.29) is 20.0 Å². The largest absolute Gasteiger partial charge is 0.394 e. The summed E-state index contributed by atoms with van der Waals surface area (Å²) in [5.74, 6) is 4.56. The number of aliphatic hydroxyl groups excluding tert-OH is 1. The van der Waals surface area contributed by atoms with Crippen LogP contribution in [0.15, 0.2) is 0 Å². The van der Waals surface area contributed by atoms with Gasteiger partial charge in [0, 0.05) is 0 Å². The molecule has 0 aliphatic rings. The van der Waals surface area contributed by atoms with Crippen molar-refractivity contribution in [3.8, 4) is 0 Å². The summed E-state index contributed by atoms with van der Waals surface area (Å²) < 4.78 is 4.53. The first kappa shape index (κ1) is 6.84. The number of hydrogen-bond acceptors (Lipinski definition) is 4. The summed E-state index contributed by atoms with van der Waals surface area (Å²) in [5, 5.41) is 8.07. The molecule has 3 N–H and O–H groups in total. The minimum absolute atomic E-state index is 0.00333. The fourth-order valence-corrected chi connectivity index (χ4v) is 0.172. The van der Waals surface area contributed by atoms with E-state index in [0.717, 1.165) is 0 Å². The van der Waals surface area contributed by atoms with Crippen LogP contribution in [0.25, 0.3) is 0 Å². The number of ether oxygens (including phenoxy) is 1. The van der Waals surface area contributed by atoms with Crippen LogP contribution in [0.3, 0.4) is 0 Å². The van der Waals surface area contributed by atoms with E-state index in [1.165, 1.54) is 0 Å². The van der Waals surface area contributed by atoms with Gasteiger partial charge in [-0.1, -0.05) is 0 Å². The second kappa shape index (κ2) is 5.84. The van der Waals surface area contributed by atoms with Crippen molar-refractivity contribution in [3.63, 3.8) is 0 Å². The Labute approximate surface area is 41.8 Å². The van der Waals surface area contributed by atoms with Crippen molar-refractivity contribution >= 4 is 0 Å². The molecule has 0 aliphatic heterocycles. The summed E-state index contributed by atoms with van der Waals surface area (Å²) in [7, 11) is 0. The fourth-order valence-electron chi connectivity index (χ4n) is 0.172. The topological polar surface area (TPSA) is 64.7 Å². The molecule has 4 heteroatoms. The second-order valence-electron chi connectivity index (χ2n) is 0.916. The van der Waals surface area contributed by atoms with Crippen LogP contribution in [0, 0.1) is 0 Å². The summed E-state index contributed by atoms with van der Waals surface area (Å²) in [4.78, 5) is 4.01. The van der Waals surface area contributed by atoms with Gasteiger partial charge in [-0.2, -0.15) is 0 Å². The number of aliphatic hydroxyl groups is 1. The predicted molar refractivity (Wildman–Crippen MR) is 23.2 cm³/mol. The molecule has 0 unspecified atom stereocenters. The number of nitrogens with two attached hydrogens (primary N) is 1. The van der Waals surface area contributed by atoms with Crippen molar-refractivity contribution in [1.29, 1.82) is 0 Å². The van der Waals surface area contributed by atoms with Gasteiger partial charge in [0.05, 0.1) is 13.2 Å². The van der Waals surface area contributed by atoms with Crippen LogP contribution in [0.4, 0.5) is 0 Å². The first-order chi connectivity index (χ1) is 3.41. The third-order valence-corrected chi connectivity index (χ3v) is 0.387. The van der Waals surface area contributed by atoms with Crippen LogP contribution in [0.2, 0.25) is 0 Å². The molecule has 0 amide bonds. The Balaban J connectivity index is 2.45. The molecule has 0 saturated carbocycles. The zero-order chi connectivity index (χ0) is 5.54. The third kappa shape index (κ3) is 5.84. The Bertz CT molecular complexity index is 29.4. The normalized spacial score (nSPS) is 9.43. The molecule has 0 aromatic rings. The van der Waals surface area contributed by atoms with Gasteiger partial charge in [0.15, 0.2) is 6.79 Å². The average molecular weight is 107 g/mol. The smallest absolute Gasteiger partial charge is 0.166 e. The lowest BCUT2D eigenvalue weighted by Gasteiger charge is -1.95. The third-order valence-electron chi connectivity index (χ3n) is 0.387. The van der Waals surface area contributed by atoms with Crippen molar-refractivity contribution in [1.82, 2.24) is 0 Å². The summed E-state index contributed by atoms with van der Waals surface area (Å²) in [6, 6.07) is 0. The Kier molecular flexibility index (Phi) is 5.71. The summed E-state index contributed by atoms with van der Waals surface area (Å²) in [6.07, 6.45) is 0. The van der Waals surface area contributed by atoms with E-state index in [9.17, 15) is 0 Å². The lowest BCUT2D eigenvalue weighted by molar-refractivity contribution is -0.0638. The van der Waals surface area contributed by atoms with Crippen LogP contribution in [0.1, 0.15) is 0 Å². The van der Waals surface area contributed by atoms with Gasteiger partial charge in [0.25, 0.3) is 0 Å². The Hall–Kier alpha value is -0.160. The molecule has 0 atom stereocenters. The zero-order valence-electron chi connectivity index (χ0n) is 3.96. The molecule has 0 saturated heterocycles. The minimum atomic E-state index is 0.00333. The lowest BCUT2D eigenvalue weighted by atomic mass is 10.8. The van der Waals surface area contributed by atoms with Crippen LogP contribution in [-0.4, -0.2) is 25.1 Å².